The molecule has 0 bridgehead atoms. The van der Waals surface area contributed by atoms with Crippen LogP contribution in [0.2, 0.25) is 0 Å². The predicted octanol–water partition coefficient (Wildman–Crippen LogP) is 2.92. The molecule has 0 unspecified atom stereocenters. The number of hydrogen-bond donors (Lipinski definition) is 2. The zero-order valence-electron chi connectivity index (χ0n) is 16.8. The molecular weight excluding hydrogens is 380 g/mol. The first-order valence-corrected chi connectivity index (χ1v) is 9.76. The fraction of sp³-hybridized carbons (Fsp3) is 0.208. The molecule has 0 radical (unpaired) electrons. The standard InChI is InChI=1S/C24H24N2O4/c1-17(20-13-7-11-19-10-5-6-12-21(19)20)26-23(28)16-30-24(29)15-25-22(27)14-18-8-3-2-4-9-18/h2-13,17H,14-16H2,1H3,(H,25,27)(H,26,28)/t17-/m1/s1. The maximum Gasteiger partial charge on any atom is 0.325 e. The van der Waals surface area contributed by atoms with Crippen molar-refractivity contribution >= 4 is 28.6 Å². The van der Waals surface area contributed by atoms with E-state index >= 15 is 0 Å². The molecule has 3 rings (SSSR count). The van der Waals surface area contributed by atoms with Gasteiger partial charge in [0.05, 0.1) is 12.5 Å². The lowest BCUT2D eigenvalue weighted by Crippen LogP contribution is -2.35. The summed E-state index contributed by atoms with van der Waals surface area (Å²) < 4.78 is 4.96. The molecule has 0 aliphatic carbocycles. The summed E-state index contributed by atoms with van der Waals surface area (Å²) in [6.07, 6.45) is 0.178. The summed E-state index contributed by atoms with van der Waals surface area (Å²) >= 11 is 0. The molecule has 30 heavy (non-hydrogen) atoms. The number of carbonyl (C=O) groups is 3. The van der Waals surface area contributed by atoms with Crippen molar-refractivity contribution in [3.05, 3.63) is 83.9 Å². The van der Waals surface area contributed by atoms with E-state index in [1.807, 2.05) is 79.7 Å². The summed E-state index contributed by atoms with van der Waals surface area (Å²) in [6.45, 7) is 1.20. The molecule has 6 heteroatoms. The lowest BCUT2D eigenvalue weighted by atomic mass is 10.00. The van der Waals surface area contributed by atoms with E-state index in [1.165, 1.54) is 0 Å². The van der Waals surface area contributed by atoms with Crippen molar-refractivity contribution < 1.29 is 19.1 Å². The van der Waals surface area contributed by atoms with Crippen LogP contribution in [0.25, 0.3) is 10.8 Å². The monoisotopic (exact) mass is 404 g/mol. The molecule has 0 aliphatic rings. The van der Waals surface area contributed by atoms with Crippen molar-refractivity contribution in [3.8, 4) is 0 Å². The smallest absolute Gasteiger partial charge is 0.325 e. The molecule has 0 heterocycles. The van der Waals surface area contributed by atoms with Crippen molar-refractivity contribution in [3.63, 3.8) is 0 Å². The minimum atomic E-state index is -0.663. The molecule has 0 aromatic heterocycles. The quantitative estimate of drug-likeness (QED) is 0.566. The number of hydrogen-bond acceptors (Lipinski definition) is 4. The fourth-order valence-corrected chi connectivity index (χ4v) is 3.20. The summed E-state index contributed by atoms with van der Waals surface area (Å²) in [7, 11) is 0. The van der Waals surface area contributed by atoms with Gasteiger partial charge in [0.25, 0.3) is 5.91 Å². The number of esters is 1. The van der Waals surface area contributed by atoms with Gasteiger partial charge in [0.2, 0.25) is 5.91 Å². The third-order valence-electron chi connectivity index (χ3n) is 4.67. The average Bonchev–Trinajstić information content (AvgIpc) is 2.76. The topological polar surface area (TPSA) is 84.5 Å². The van der Waals surface area contributed by atoms with Crippen molar-refractivity contribution in [1.29, 1.82) is 0 Å². The number of carbonyl (C=O) groups excluding carboxylic acids is 3. The van der Waals surface area contributed by atoms with Gasteiger partial charge in [-0.3, -0.25) is 14.4 Å². The second-order valence-corrected chi connectivity index (χ2v) is 6.96. The van der Waals surface area contributed by atoms with Crippen molar-refractivity contribution in [2.24, 2.45) is 0 Å². The second kappa shape index (κ2) is 10.2. The van der Waals surface area contributed by atoms with Gasteiger partial charge in [-0.1, -0.05) is 72.8 Å². The van der Waals surface area contributed by atoms with Gasteiger partial charge in [-0.2, -0.15) is 0 Å². The van der Waals surface area contributed by atoms with Crippen LogP contribution in [0.1, 0.15) is 24.1 Å². The van der Waals surface area contributed by atoms with Crippen molar-refractivity contribution in [2.45, 2.75) is 19.4 Å². The molecule has 6 nitrogen and oxygen atoms in total. The van der Waals surface area contributed by atoms with Crippen LogP contribution in [-0.2, 0) is 25.5 Å². The lowest BCUT2D eigenvalue weighted by Gasteiger charge is -2.16. The maximum atomic E-state index is 12.2. The predicted molar refractivity (Wildman–Crippen MR) is 115 cm³/mol. The summed E-state index contributed by atoms with van der Waals surface area (Å²) in [5, 5.41) is 7.49. The number of ether oxygens (including phenoxy) is 1. The van der Waals surface area contributed by atoms with Gasteiger partial charge in [0, 0.05) is 0 Å². The van der Waals surface area contributed by atoms with Crippen LogP contribution in [0.15, 0.2) is 72.8 Å². The summed E-state index contributed by atoms with van der Waals surface area (Å²) in [6, 6.07) is 22.8. The van der Waals surface area contributed by atoms with E-state index in [-0.39, 0.29) is 24.9 Å². The molecule has 0 aliphatic heterocycles. The zero-order valence-corrected chi connectivity index (χ0v) is 16.8. The van der Waals surface area contributed by atoms with Gasteiger partial charge < -0.3 is 15.4 Å². The van der Waals surface area contributed by atoms with E-state index < -0.39 is 18.5 Å². The third kappa shape index (κ3) is 5.91. The highest BCUT2D eigenvalue weighted by Gasteiger charge is 2.14. The first-order chi connectivity index (χ1) is 14.5. The Morgan fingerprint density at radius 2 is 1.57 bits per heavy atom. The Morgan fingerprint density at radius 1 is 0.867 bits per heavy atom. The van der Waals surface area contributed by atoms with Crippen LogP contribution in [0, 0.1) is 0 Å². The minimum Gasteiger partial charge on any atom is -0.454 e. The van der Waals surface area contributed by atoms with Crippen LogP contribution >= 0.6 is 0 Å². The molecule has 3 aromatic carbocycles. The van der Waals surface area contributed by atoms with Gasteiger partial charge in [-0.05, 0) is 28.8 Å². The normalized spacial score (nSPS) is 11.5. The van der Waals surface area contributed by atoms with E-state index in [9.17, 15) is 14.4 Å². The molecule has 2 amide bonds. The number of amides is 2. The Labute approximate surface area is 175 Å². The number of fused-ring (bicyclic) bond motifs is 1. The van der Waals surface area contributed by atoms with Crippen molar-refractivity contribution in [1.82, 2.24) is 10.6 Å². The SMILES string of the molecule is C[C@@H](NC(=O)COC(=O)CNC(=O)Cc1ccccc1)c1cccc2ccccc12. The fourth-order valence-electron chi connectivity index (χ4n) is 3.20. The third-order valence-corrected chi connectivity index (χ3v) is 4.67. The Balaban J connectivity index is 1.42. The van der Waals surface area contributed by atoms with E-state index in [2.05, 4.69) is 10.6 Å². The van der Waals surface area contributed by atoms with Gasteiger partial charge >= 0.3 is 5.97 Å². The van der Waals surface area contributed by atoms with Gasteiger partial charge in [-0.25, -0.2) is 0 Å². The Bertz CT molecular complexity index is 1030. The van der Waals surface area contributed by atoms with E-state index in [4.69, 9.17) is 4.74 Å². The van der Waals surface area contributed by atoms with Crippen LogP contribution in [0.5, 0.6) is 0 Å². The minimum absolute atomic E-state index is 0.178. The summed E-state index contributed by atoms with van der Waals surface area (Å²) in [5.41, 5.74) is 1.84. The Hall–Kier alpha value is -3.67. The number of nitrogens with one attached hydrogen (secondary N) is 2. The summed E-state index contributed by atoms with van der Waals surface area (Å²) in [5.74, 6) is -1.35. The Morgan fingerprint density at radius 3 is 2.37 bits per heavy atom. The van der Waals surface area contributed by atoms with Crippen LogP contribution in [0.3, 0.4) is 0 Å². The zero-order chi connectivity index (χ0) is 21.3. The van der Waals surface area contributed by atoms with Gasteiger partial charge in [0.15, 0.2) is 6.61 Å². The first kappa shape index (κ1) is 21.0. The van der Waals surface area contributed by atoms with Crippen LogP contribution in [0.4, 0.5) is 0 Å². The van der Waals surface area contributed by atoms with Crippen LogP contribution in [-0.4, -0.2) is 30.9 Å². The van der Waals surface area contributed by atoms with Gasteiger partial charge in [0.1, 0.15) is 6.54 Å². The number of benzene rings is 3. The molecule has 1 atom stereocenters. The first-order valence-electron chi connectivity index (χ1n) is 9.76. The Kier molecular flexibility index (Phi) is 7.16. The van der Waals surface area contributed by atoms with E-state index in [0.717, 1.165) is 21.9 Å². The largest absolute Gasteiger partial charge is 0.454 e. The van der Waals surface area contributed by atoms with E-state index in [0.29, 0.717) is 0 Å². The number of rotatable bonds is 8. The van der Waals surface area contributed by atoms with Crippen LogP contribution < -0.4 is 10.6 Å². The van der Waals surface area contributed by atoms with Gasteiger partial charge in [-0.15, -0.1) is 0 Å². The highest BCUT2D eigenvalue weighted by Crippen LogP contribution is 2.23. The highest BCUT2D eigenvalue weighted by molar-refractivity contribution is 5.88. The summed E-state index contributed by atoms with van der Waals surface area (Å²) in [4.78, 5) is 35.9. The van der Waals surface area contributed by atoms with Crippen molar-refractivity contribution in [2.75, 3.05) is 13.2 Å². The molecule has 0 spiro atoms. The maximum absolute atomic E-state index is 12.2. The molecule has 0 fully saturated rings. The highest BCUT2D eigenvalue weighted by atomic mass is 16.5. The second-order valence-electron chi connectivity index (χ2n) is 6.96. The molecule has 3 aromatic rings. The molecule has 0 saturated carbocycles. The lowest BCUT2D eigenvalue weighted by molar-refractivity contribution is -0.148. The average molecular weight is 404 g/mol. The molecule has 154 valence electrons. The molecule has 0 saturated heterocycles. The molecule has 2 N–H and O–H groups in total. The molecular formula is C24H24N2O4. The van der Waals surface area contributed by atoms with E-state index in [1.54, 1.807) is 0 Å².